The number of rotatable bonds is 3. The van der Waals surface area contributed by atoms with Gasteiger partial charge in [0.15, 0.2) is 0 Å². The van der Waals surface area contributed by atoms with E-state index in [4.69, 9.17) is 4.98 Å². The molecule has 5 heteroatoms. The average molecular weight is 337 g/mol. The molecule has 122 valence electrons. The van der Waals surface area contributed by atoms with Gasteiger partial charge in [0.1, 0.15) is 10.7 Å². The molecule has 0 saturated heterocycles. The van der Waals surface area contributed by atoms with Gasteiger partial charge in [-0.2, -0.15) is 0 Å². The van der Waals surface area contributed by atoms with Crippen molar-refractivity contribution in [1.82, 2.24) is 9.97 Å². The highest BCUT2D eigenvalue weighted by atomic mass is 32.1. The zero-order chi connectivity index (χ0) is 16.8. The number of fused-ring (bicyclic) bond motifs is 1. The summed E-state index contributed by atoms with van der Waals surface area (Å²) in [4.78, 5) is 23.7. The SMILES string of the molecule is Cc1ccc(NC(=O)c2sc3nc(C4CC4)nc(C)c3c2C)cc1. The molecule has 1 N–H and O–H groups in total. The van der Waals surface area contributed by atoms with E-state index >= 15 is 0 Å². The summed E-state index contributed by atoms with van der Waals surface area (Å²) in [6, 6.07) is 7.83. The molecule has 0 atom stereocenters. The molecule has 2 heterocycles. The Labute approximate surface area is 145 Å². The fourth-order valence-corrected chi connectivity index (χ4v) is 4.06. The molecule has 1 aromatic carbocycles. The van der Waals surface area contributed by atoms with Gasteiger partial charge >= 0.3 is 0 Å². The molecular weight excluding hydrogens is 318 g/mol. The fourth-order valence-electron chi connectivity index (χ4n) is 2.93. The van der Waals surface area contributed by atoms with Crippen LogP contribution in [-0.4, -0.2) is 15.9 Å². The molecule has 0 radical (unpaired) electrons. The number of aromatic nitrogens is 2. The number of nitrogens with zero attached hydrogens (tertiary/aromatic N) is 2. The highest BCUT2D eigenvalue weighted by Gasteiger charge is 2.28. The van der Waals surface area contributed by atoms with Gasteiger partial charge < -0.3 is 5.32 Å². The van der Waals surface area contributed by atoms with Crippen molar-refractivity contribution < 1.29 is 4.79 Å². The van der Waals surface area contributed by atoms with Crippen LogP contribution < -0.4 is 5.32 Å². The van der Waals surface area contributed by atoms with Crippen LogP contribution in [0.25, 0.3) is 10.2 Å². The first-order chi connectivity index (χ1) is 11.5. The van der Waals surface area contributed by atoms with Crippen LogP contribution in [0.2, 0.25) is 0 Å². The summed E-state index contributed by atoms with van der Waals surface area (Å²) in [5.41, 5.74) is 3.93. The Morgan fingerprint density at radius 3 is 2.50 bits per heavy atom. The lowest BCUT2D eigenvalue weighted by atomic mass is 10.1. The number of carbonyl (C=O) groups excluding carboxylic acids is 1. The van der Waals surface area contributed by atoms with Gasteiger partial charge in [-0.25, -0.2) is 9.97 Å². The number of aryl methyl sites for hydroxylation is 3. The second kappa shape index (κ2) is 5.67. The van der Waals surface area contributed by atoms with Gasteiger partial charge in [0.2, 0.25) is 0 Å². The van der Waals surface area contributed by atoms with Gasteiger partial charge in [-0.3, -0.25) is 4.79 Å². The maximum atomic E-state index is 12.7. The lowest BCUT2D eigenvalue weighted by Gasteiger charge is -2.05. The molecule has 1 amide bonds. The molecule has 4 nitrogen and oxygen atoms in total. The van der Waals surface area contributed by atoms with Crippen molar-refractivity contribution in [1.29, 1.82) is 0 Å². The van der Waals surface area contributed by atoms with Crippen LogP contribution in [0.5, 0.6) is 0 Å². The smallest absolute Gasteiger partial charge is 0.266 e. The van der Waals surface area contributed by atoms with Crippen LogP contribution in [0.3, 0.4) is 0 Å². The third-order valence-electron chi connectivity index (χ3n) is 4.45. The maximum absolute atomic E-state index is 12.7. The van der Waals surface area contributed by atoms with Crippen LogP contribution in [0, 0.1) is 20.8 Å². The number of benzene rings is 1. The van der Waals surface area contributed by atoms with Gasteiger partial charge in [0.05, 0.1) is 10.6 Å². The minimum absolute atomic E-state index is 0.0771. The number of nitrogens with one attached hydrogen (secondary N) is 1. The summed E-state index contributed by atoms with van der Waals surface area (Å²) in [5.74, 6) is 1.37. The number of hydrogen-bond donors (Lipinski definition) is 1. The molecule has 0 bridgehead atoms. The van der Waals surface area contributed by atoms with E-state index in [0.717, 1.165) is 37.9 Å². The minimum atomic E-state index is -0.0771. The third kappa shape index (κ3) is 2.69. The Bertz CT molecular complexity index is 939. The monoisotopic (exact) mass is 337 g/mol. The van der Waals surface area contributed by atoms with E-state index in [2.05, 4.69) is 10.3 Å². The highest BCUT2D eigenvalue weighted by molar-refractivity contribution is 7.20. The fraction of sp³-hybridized carbons (Fsp3) is 0.316. The first-order valence-electron chi connectivity index (χ1n) is 8.18. The summed E-state index contributed by atoms with van der Waals surface area (Å²) >= 11 is 1.46. The van der Waals surface area contributed by atoms with Gasteiger partial charge in [-0.1, -0.05) is 17.7 Å². The number of thiophene rings is 1. The lowest BCUT2D eigenvalue weighted by Crippen LogP contribution is -2.11. The summed E-state index contributed by atoms with van der Waals surface area (Å²) in [6.07, 6.45) is 2.35. The second-order valence-electron chi connectivity index (χ2n) is 6.50. The number of anilines is 1. The summed E-state index contributed by atoms with van der Waals surface area (Å²) < 4.78 is 0. The second-order valence-corrected chi connectivity index (χ2v) is 7.50. The topological polar surface area (TPSA) is 54.9 Å². The maximum Gasteiger partial charge on any atom is 0.266 e. The Morgan fingerprint density at radius 1 is 1.12 bits per heavy atom. The molecule has 4 rings (SSSR count). The molecule has 1 aliphatic rings. The summed E-state index contributed by atoms with van der Waals surface area (Å²) in [5, 5.41) is 4.01. The molecule has 0 unspecified atom stereocenters. The van der Waals surface area contributed by atoms with Crippen molar-refractivity contribution in [3.63, 3.8) is 0 Å². The van der Waals surface area contributed by atoms with E-state index in [-0.39, 0.29) is 5.91 Å². The van der Waals surface area contributed by atoms with Gasteiger partial charge in [0, 0.05) is 17.0 Å². The Hall–Kier alpha value is -2.27. The van der Waals surface area contributed by atoms with Crippen LogP contribution >= 0.6 is 11.3 Å². The van der Waals surface area contributed by atoms with Crippen molar-refractivity contribution in [2.45, 2.75) is 39.5 Å². The Morgan fingerprint density at radius 2 is 1.83 bits per heavy atom. The molecule has 0 spiro atoms. The van der Waals surface area contributed by atoms with Gasteiger partial charge in [-0.05, 0) is 51.3 Å². The Kier molecular flexibility index (Phi) is 3.61. The van der Waals surface area contributed by atoms with Crippen molar-refractivity contribution in [3.05, 3.63) is 51.8 Å². The first kappa shape index (κ1) is 15.3. The zero-order valence-corrected chi connectivity index (χ0v) is 14.8. The van der Waals surface area contributed by atoms with Crippen molar-refractivity contribution in [2.24, 2.45) is 0 Å². The molecule has 1 fully saturated rings. The molecule has 24 heavy (non-hydrogen) atoms. The van der Waals surface area contributed by atoms with Crippen LogP contribution in [0.4, 0.5) is 5.69 Å². The summed E-state index contributed by atoms with van der Waals surface area (Å²) in [7, 11) is 0. The van der Waals surface area contributed by atoms with E-state index in [1.807, 2.05) is 45.0 Å². The van der Waals surface area contributed by atoms with Crippen LogP contribution in [0.1, 0.15) is 51.1 Å². The number of hydrogen-bond acceptors (Lipinski definition) is 4. The zero-order valence-electron chi connectivity index (χ0n) is 14.0. The van der Waals surface area contributed by atoms with E-state index in [0.29, 0.717) is 5.92 Å². The van der Waals surface area contributed by atoms with E-state index in [1.165, 1.54) is 29.7 Å². The molecular formula is C19H19N3OS. The normalized spacial score (nSPS) is 14.1. The third-order valence-corrected chi connectivity index (χ3v) is 5.63. The predicted molar refractivity (Wildman–Crippen MR) is 98.0 cm³/mol. The molecule has 0 aliphatic heterocycles. The average Bonchev–Trinajstić information content (AvgIpc) is 3.34. The van der Waals surface area contributed by atoms with Crippen molar-refractivity contribution in [2.75, 3.05) is 5.32 Å². The standard InChI is InChI=1S/C19H19N3OS/c1-10-4-8-14(9-5-10)21-18(23)16-11(2)15-12(3)20-17(13-6-7-13)22-19(15)24-16/h4-5,8-9,13H,6-7H2,1-3H3,(H,21,23). The minimum Gasteiger partial charge on any atom is -0.321 e. The van der Waals surface area contributed by atoms with E-state index in [9.17, 15) is 4.79 Å². The predicted octanol–water partition coefficient (Wildman–Crippen LogP) is 4.75. The summed E-state index contributed by atoms with van der Waals surface area (Å²) in [6.45, 7) is 6.02. The van der Waals surface area contributed by atoms with Crippen molar-refractivity contribution >= 4 is 33.1 Å². The van der Waals surface area contributed by atoms with E-state index in [1.54, 1.807) is 0 Å². The van der Waals surface area contributed by atoms with Gasteiger partial charge in [-0.15, -0.1) is 11.3 Å². The van der Waals surface area contributed by atoms with E-state index < -0.39 is 0 Å². The molecule has 1 aliphatic carbocycles. The van der Waals surface area contributed by atoms with Crippen molar-refractivity contribution in [3.8, 4) is 0 Å². The highest BCUT2D eigenvalue weighted by Crippen LogP contribution is 2.40. The Balaban J connectivity index is 1.70. The van der Waals surface area contributed by atoms with Crippen LogP contribution in [0.15, 0.2) is 24.3 Å². The molecule has 1 saturated carbocycles. The first-order valence-corrected chi connectivity index (χ1v) is 9.00. The lowest BCUT2D eigenvalue weighted by molar-refractivity contribution is 0.103. The molecule has 2 aromatic heterocycles. The molecule has 3 aromatic rings. The quantitative estimate of drug-likeness (QED) is 0.750. The number of carbonyl (C=O) groups is 1. The van der Waals surface area contributed by atoms with Crippen LogP contribution in [-0.2, 0) is 0 Å². The van der Waals surface area contributed by atoms with Gasteiger partial charge in [0.25, 0.3) is 5.91 Å². The largest absolute Gasteiger partial charge is 0.321 e. The number of amides is 1.